The quantitative estimate of drug-likeness (QED) is 0.633. The number of amides is 1. The average molecular weight is 379 g/mol. The Balaban J connectivity index is 2.63. The Bertz CT molecular complexity index is 450. The van der Waals surface area contributed by atoms with Gasteiger partial charge in [-0.1, -0.05) is 0 Å². The van der Waals surface area contributed by atoms with Gasteiger partial charge in [-0.15, -0.1) is 0 Å². The van der Waals surface area contributed by atoms with Gasteiger partial charge < -0.3 is 4.74 Å². The third-order valence-corrected chi connectivity index (χ3v) is 2.90. The molecular weight excluding hydrogens is 366 g/mol. The highest BCUT2D eigenvalue weighted by Crippen LogP contribution is 2.21. The van der Waals surface area contributed by atoms with Crippen molar-refractivity contribution in [2.75, 3.05) is 0 Å². The van der Waals surface area contributed by atoms with Gasteiger partial charge in [-0.3, -0.25) is 4.98 Å². The molecule has 0 fully saturated rings. The standard InChI is InChI=1S/C11H13Br2N3O2/c1-11(2,3)18-10(17)16-15-4-7-8(12)5-14-6-9(7)13/h4-6H,1-3H3,(H,16,17). The molecule has 0 unspecified atom stereocenters. The van der Waals surface area contributed by atoms with Gasteiger partial charge in [0.15, 0.2) is 0 Å². The minimum atomic E-state index is -0.597. The van der Waals surface area contributed by atoms with Crippen molar-refractivity contribution in [3.05, 3.63) is 26.9 Å². The zero-order chi connectivity index (χ0) is 13.8. The molecule has 1 aromatic heterocycles. The second-order valence-electron chi connectivity index (χ2n) is 4.39. The summed E-state index contributed by atoms with van der Waals surface area (Å²) in [5.74, 6) is 0. The number of hydrogen-bond acceptors (Lipinski definition) is 4. The van der Waals surface area contributed by atoms with Crippen molar-refractivity contribution in [2.24, 2.45) is 5.10 Å². The highest BCUT2D eigenvalue weighted by atomic mass is 79.9. The van der Waals surface area contributed by atoms with Crippen LogP contribution in [0.25, 0.3) is 0 Å². The zero-order valence-corrected chi connectivity index (χ0v) is 13.4. The molecule has 1 amide bonds. The Hall–Kier alpha value is -0.950. The first kappa shape index (κ1) is 15.1. The van der Waals surface area contributed by atoms with Crippen LogP contribution in [0.5, 0.6) is 0 Å². The normalized spacial score (nSPS) is 11.6. The van der Waals surface area contributed by atoms with E-state index in [2.05, 4.69) is 47.4 Å². The lowest BCUT2D eigenvalue weighted by Gasteiger charge is -2.18. The van der Waals surface area contributed by atoms with Crippen molar-refractivity contribution in [3.63, 3.8) is 0 Å². The van der Waals surface area contributed by atoms with Crippen LogP contribution < -0.4 is 5.43 Å². The number of carbonyl (C=O) groups is 1. The molecule has 0 radical (unpaired) electrons. The lowest BCUT2D eigenvalue weighted by molar-refractivity contribution is 0.0529. The second kappa shape index (κ2) is 6.29. The van der Waals surface area contributed by atoms with E-state index < -0.39 is 11.7 Å². The fraction of sp³-hybridized carbons (Fsp3) is 0.364. The molecule has 0 aliphatic heterocycles. The number of pyridine rings is 1. The van der Waals surface area contributed by atoms with E-state index in [9.17, 15) is 4.79 Å². The number of hydrazone groups is 1. The van der Waals surface area contributed by atoms with E-state index in [1.807, 2.05) is 0 Å². The van der Waals surface area contributed by atoms with Gasteiger partial charge in [0.25, 0.3) is 0 Å². The van der Waals surface area contributed by atoms with Crippen LogP contribution in [0, 0.1) is 0 Å². The lowest BCUT2D eigenvalue weighted by Crippen LogP contribution is -2.29. The molecule has 0 aliphatic rings. The molecular formula is C11H13Br2N3O2. The maximum atomic E-state index is 11.3. The van der Waals surface area contributed by atoms with E-state index in [0.717, 1.165) is 14.5 Å². The Morgan fingerprint density at radius 2 is 1.94 bits per heavy atom. The third-order valence-electron chi connectivity index (χ3n) is 1.64. The maximum absolute atomic E-state index is 11.3. The molecule has 0 bridgehead atoms. The van der Waals surface area contributed by atoms with Gasteiger partial charge in [0, 0.05) is 26.9 Å². The topological polar surface area (TPSA) is 63.6 Å². The van der Waals surface area contributed by atoms with Crippen LogP contribution in [0.3, 0.4) is 0 Å². The molecule has 0 aliphatic carbocycles. The van der Waals surface area contributed by atoms with Crippen molar-refractivity contribution in [1.29, 1.82) is 0 Å². The predicted octanol–water partition coefficient (Wildman–Crippen LogP) is 3.47. The fourth-order valence-electron chi connectivity index (χ4n) is 0.995. The summed E-state index contributed by atoms with van der Waals surface area (Å²) in [5, 5.41) is 3.81. The van der Waals surface area contributed by atoms with Crippen LogP contribution in [-0.4, -0.2) is 22.9 Å². The molecule has 0 saturated heterocycles. The molecule has 5 nitrogen and oxygen atoms in total. The summed E-state index contributed by atoms with van der Waals surface area (Å²) in [4.78, 5) is 15.3. The van der Waals surface area contributed by atoms with Crippen LogP contribution in [0.2, 0.25) is 0 Å². The van der Waals surface area contributed by atoms with Crippen LogP contribution in [0.15, 0.2) is 26.4 Å². The van der Waals surface area contributed by atoms with Crippen LogP contribution in [0.4, 0.5) is 4.79 Å². The number of nitrogens with one attached hydrogen (secondary N) is 1. The molecule has 98 valence electrons. The van der Waals surface area contributed by atoms with E-state index in [0.29, 0.717) is 0 Å². The molecule has 1 rings (SSSR count). The van der Waals surface area contributed by atoms with Gasteiger partial charge in [-0.05, 0) is 52.6 Å². The van der Waals surface area contributed by atoms with E-state index in [1.165, 1.54) is 6.21 Å². The lowest BCUT2D eigenvalue weighted by atomic mass is 10.2. The third kappa shape index (κ3) is 5.14. The van der Waals surface area contributed by atoms with Crippen molar-refractivity contribution in [2.45, 2.75) is 26.4 Å². The summed E-state index contributed by atoms with van der Waals surface area (Å²) in [6.45, 7) is 5.35. The molecule has 0 atom stereocenters. The number of nitrogens with zero attached hydrogens (tertiary/aromatic N) is 2. The van der Waals surface area contributed by atoms with Crippen molar-refractivity contribution < 1.29 is 9.53 Å². The first-order chi connectivity index (χ1) is 8.29. The number of carbonyl (C=O) groups excluding carboxylic acids is 1. The second-order valence-corrected chi connectivity index (χ2v) is 6.10. The summed E-state index contributed by atoms with van der Waals surface area (Å²) < 4.78 is 6.58. The molecule has 1 aromatic rings. The average Bonchev–Trinajstić information content (AvgIpc) is 2.19. The maximum Gasteiger partial charge on any atom is 0.428 e. The number of halogens is 2. The van der Waals surface area contributed by atoms with Crippen molar-refractivity contribution >= 4 is 44.2 Å². The minimum absolute atomic E-state index is 0.544. The molecule has 7 heteroatoms. The number of hydrogen-bond donors (Lipinski definition) is 1. The van der Waals surface area contributed by atoms with E-state index in [1.54, 1.807) is 33.2 Å². The van der Waals surface area contributed by atoms with E-state index in [4.69, 9.17) is 4.74 Å². The highest BCUT2D eigenvalue weighted by molar-refractivity contribution is 9.11. The summed E-state index contributed by atoms with van der Waals surface area (Å²) in [7, 11) is 0. The van der Waals surface area contributed by atoms with Gasteiger partial charge in [0.2, 0.25) is 0 Å². The minimum Gasteiger partial charge on any atom is -0.443 e. The summed E-state index contributed by atoms with van der Waals surface area (Å²) in [6.07, 6.45) is 4.18. The Kier molecular flexibility index (Phi) is 5.28. The van der Waals surface area contributed by atoms with E-state index in [-0.39, 0.29) is 0 Å². The monoisotopic (exact) mass is 377 g/mol. The van der Waals surface area contributed by atoms with E-state index >= 15 is 0 Å². The Morgan fingerprint density at radius 1 is 1.39 bits per heavy atom. The van der Waals surface area contributed by atoms with Crippen LogP contribution >= 0.6 is 31.9 Å². The van der Waals surface area contributed by atoms with Crippen molar-refractivity contribution in [3.8, 4) is 0 Å². The Labute approximate surface area is 122 Å². The summed E-state index contributed by atoms with van der Waals surface area (Å²) >= 11 is 6.67. The first-order valence-electron chi connectivity index (χ1n) is 5.10. The first-order valence-corrected chi connectivity index (χ1v) is 6.69. The molecule has 0 saturated carbocycles. The van der Waals surface area contributed by atoms with Gasteiger partial charge in [0.05, 0.1) is 6.21 Å². The number of aromatic nitrogens is 1. The SMILES string of the molecule is CC(C)(C)OC(=O)NN=Cc1c(Br)cncc1Br. The van der Waals surface area contributed by atoms with Gasteiger partial charge in [0.1, 0.15) is 5.60 Å². The fourth-order valence-corrected chi connectivity index (χ4v) is 2.13. The zero-order valence-electron chi connectivity index (χ0n) is 10.2. The highest BCUT2D eigenvalue weighted by Gasteiger charge is 2.15. The molecule has 1 N–H and O–H groups in total. The predicted molar refractivity (Wildman–Crippen MR) is 76.6 cm³/mol. The smallest absolute Gasteiger partial charge is 0.428 e. The molecule has 0 spiro atoms. The van der Waals surface area contributed by atoms with Crippen molar-refractivity contribution in [1.82, 2.24) is 10.4 Å². The molecule has 1 heterocycles. The van der Waals surface area contributed by atoms with Gasteiger partial charge in [-0.25, -0.2) is 10.2 Å². The van der Waals surface area contributed by atoms with Gasteiger partial charge >= 0.3 is 6.09 Å². The molecule has 18 heavy (non-hydrogen) atoms. The summed E-state index contributed by atoms with van der Waals surface area (Å²) in [6, 6.07) is 0. The number of rotatable bonds is 2. The number of ether oxygens (including phenoxy) is 1. The summed E-state index contributed by atoms with van der Waals surface area (Å²) in [5.41, 5.74) is 2.52. The largest absolute Gasteiger partial charge is 0.443 e. The van der Waals surface area contributed by atoms with Crippen LogP contribution in [0.1, 0.15) is 26.3 Å². The van der Waals surface area contributed by atoms with Gasteiger partial charge in [-0.2, -0.15) is 5.10 Å². The van der Waals surface area contributed by atoms with Crippen LogP contribution in [-0.2, 0) is 4.74 Å². The molecule has 0 aromatic carbocycles. The Morgan fingerprint density at radius 3 is 2.44 bits per heavy atom.